The van der Waals surface area contributed by atoms with Crippen molar-refractivity contribution in [1.29, 1.82) is 0 Å². The number of likely N-dealkylation sites (tertiary alicyclic amines) is 1. The maximum absolute atomic E-state index is 14.6. The van der Waals surface area contributed by atoms with Crippen LogP contribution in [0.4, 0.5) is 4.39 Å². The molecule has 2 aliphatic rings. The first-order valence-electron chi connectivity index (χ1n) is 8.74. The van der Waals surface area contributed by atoms with E-state index in [9.17, 15) is 14.3 Å². The van der Waals surface area contributed by atoms with E-state index >= 15 is 0 Å². The monoisotopic (exact) mass is 357 g/mol. The zero-order valence-electron chi connectivity index (χ0n) is 14.2. The fourth-order valence-corrected chi connectivity index (χ4v) is 3.81. The predicted molar refractivity (Wildman–Crippen MR) is 92.7 cm³/mol. The van der Waals surface area contributed by atoms with Crippen LogP contribution in [-0.4, -0.2) is 35.9 Å². The van der Waals surface area contributed by atoms with Crippen LogP contribution in [0.1, 0.15) is 30.0 Å². The third-order valence-corrected chi connectivity index (χ3v) is 5.08. The lowest BCUT2D eigenvalue weighted by Gasteiger charge is -2.37. The van der Waals surface area contributed by atoms with Gasteiger partial charge in [-0.25, -0.2) is 4.39 Å². The second-order valence-corrected chi connectivity index (χ2v) is 6.71. The largest absolute Gasteiger partial charge is 0.481 e. The first-order valence-corrected chi connectivity index (χ1v) is 8.74. The number of fused-ring (bicyclic) bond motifs is 1. The average Bonchev–Trinajstić information content (AvgIpc) is 3.12. The lowest BCUT2D eigenvalue weighted by atomic mass is 9.91. The first kappa shape index (κ1) is 16.8. The van der Waals surface area contributed by atoms with E-state index in [4.69, 9.17) is 9.47 Å². The Bertz CT molecular complexity index is 825. The summed E-state index contributed by atoms with van der Waals surface area (Å²) in [7, 11) is 0. The zero-order chi connectivity index (χ0) is 18.1. The lowest BCUT2D eigenvalue weighted by Crippen LogP contribution is -2.41. The Balaban J connectivity index is 1.75. The van der Waals surface area contributed by atoms with Crippen molar-refractivity contribution in [2.75, 3.05) is 19.9 Å². The van der Waals surface area contributed by atoms with Gasteiger partial charge in [0.15, 0.2) is 11.5 Å². The lowest BCUT2D eigenvalue weighted by molar-refractivity contribution is -0.143. The molecule has 2 aromatic rings. The number of halogens is 1. The Morgan fingerprint density at radius 3 is 2.81 bits per heavy atom. The molecule has 2 atom stereocenters. The molecule has 2 aliphatic heterocycles. The van der Waals surface area contributed by atoms with Crippen LogP contribution in [0.3, 0.4) is 0 Å². The van der Waals surface area contributed by atoms with Gasteiger partial charge in [-0.05, 0) is 43.1 Å². The number of rotatable bonds is 4. The van der Waals surface area contributed by atoms with E-state index in [1.807, 2.05) is 18.2 Å². The molecule has 2 unspecified atom stereocenters. The van der Waals surface area contributed by atoms with Crippen molar-refractivity contribution < 1.29 is 23.8 Å². The van der Waals surface area contributed by atoms with Crippen molar-refractivity contribution >= 4 is 5.97 Å². The van der Waals surface area contributed by atoms with Gasteiger partial charge in [-0.2, -0.15) is 0 Å². The molecule has 0 spiro atoms. The van der Waals surface area contributed by atoms with Crippen LogP contribution in [-0.2, 0) is 4.79 Å². The summed E-state index contributed by atoms with van der Waals surface area (Å²) in [6.45, 7) is 1.29. The van der Waals surface area contributed by atoms with E-state index in [2.05, 4.69) is 4.90 Å². The average molecular weight is 357 g/mol. The fourth-order valence-electron chi connectivity index (χ4n) is 3.81. The molecule has 0 saturated carbocycles. The molecule has 2 heterocycles. The van der Waals surface area contributed by atoms with Crippen LogP contribution >= 0.6 is 0 Å². The molecule has 0 bridgehead atoms. The standard InChI is InChI=1S/C20H20FNO4/c21-16-6-2-1-5-15(16)19(22-9-3-4-14(11-22)20(23)24)13-7-8-17-18(10-13)26-12-25-17/h1-2,5-8,10,14,19H,3-4,9,11-12H2,(H,23,24). The van der Waals surface area contributed by atoms with Gasteiger partial charge in [-0.1, -0.05) is 24.3 Å². The molecule has 0 aliphatic carbocycles. The molecule has 6 heteroatoms. The van der Waals surface area contributed by atoms with Gasteiger partial charge in [-0.3, -0.25) is 9.69 Å². The van der Waals surface area contributed by atoms with Crippen molar-refractivity contribution in [3.8, 4) is 11.5 Å². The molecule has 2 aromatic carbocycles. The summed E-state index contributed by atoms with van der Waals surface area (Å²) in [6, 6.07) is 11.9. The van der Waals surface area contributed by atoms with E-state index in [0.717, 1.165) is 18.5 Å². The molecular formula is C20H20FNO4. The maximum atomic E-state index is 14.6. The Kier molecular flexibility index (Phi) is 4.51. The first-order chi connectivity index (χ1) is 12.6. The third-order valence-electron chi connectivity index (χ3n) is 5.08. The van der Waals surface area contributed by atoms with Crippen LogP contribution in [0.25, 0.3) is 0 Å². The molecule has 26 heavy (non-hydrogen) atoms. The van der Waals surface area contributed by atoms with Gasteiger partial charge >= 0.3 is 5.97 Å². The zero-order valence-corrected chi connectivity index (χ0v) is 14.2. The molecule has 1 N–H and O–H groups in total. The summed E-state index contributed by atoms with van der Waals surface area (Å²) >= 11 is 0. The van der Waals surface area contributed by atoms with E-state index in [0.29, 0.717) is 30.0 Å². The molecular weight excluding hydrogens is 337 g/mol. The minimum Gasteiger partial charge on any atom is -0.481 e. The Labute approximate surface area is 151 Å². The highest BCUT2D eigenvalue weighted by molar-refractivity contribution is 5.70. The van der Waals surface area contributed by atoms with E-state index in [-0.39, 0.29) is 18.7 Å². The highest BCUT2D eigenvalue weighted by atomic mass is 19.1. The van der Waals surface area contributed by atoms with Crippen LogP contribution < -0.4 is 9.47 Å². The van der Waals surface area contributed by atoms with Gasteiger partial charge in [0.25, 0.3) is 0 Å². The number of hydrogen-bond donors (Lipinski definition) is 1. The van der Waals surface area contributed by atoms with Crippen LogP contribution in [0.15, 0.2) is 42.5 Å². The van der Waals surface area contributed by atoms with Gasteiger partial charge in [0.1, 0.15) is 5.82 Å². The number of benzene rings is 2. The smallest absolute Gasteiger partial charge is 0.307 e. The van der Waals surface area contributed by atoms with Crippen molar-refractivity contribution in [1.82, 2.24) is 4.90 Å². The highest BCUT2D eigenvalue weighted by Gasteiger charge is 2.33. The Hall–Kier alpha value is -2.60. The number of nitrogens with zero attached hydrogens (tertiary/aromatic N) is 1. The number of hydrogen-bond acceptors (Lipinski definition) is 4. The number of ether oxygens (including phenoxy) is 2. The number of carboxylic acids is 1. The number of aliphatic carboxylic acids is 1. The van der Waals surface area contributed by atoms with Gasteiger partial charge in [0, 0.05) is 12.1 Å². The minimum atomic E-state index is -0.798. The third kappa shape index (κ3) is 3.12. The highest BCUT2D eigenvalue weighted by Crippen LogP contribution is 2.39. The molecule has 1 fully saturated rings. The quantitative estimate of drug-likeness (QED) is 0.908. The summed E-state index contributed by atoms with van der Waals surface area (Å²) in [5.74, 6) is -0.231. The molecule has 4 rings (SSSR count). The van der Waals surface area contributed by atoms with Crippen molar-refractivity contribution in [2.45, 2.75) is 18.9 Å². The molecule has 0 amide bonds. The number of carboxylic acid groups (broad SMARTS) is 1. The van der Waals surface area contributed by atoms with Crippen molar-refractivity contribution in [2.24, 2.45) is 5.92 Å². The summed E-state index contributed by atoms with van der Waals surface area (Å²) in [6.07, 6.45) is 1.42. The van der Waals surface area contributed by atoms with E-state index < -0.39 is 11.9 Å². The summed E-state index contributed by atoms with van der Waals surface area (Å²) in [5, 5.41) is 9.42. The summed E-state index contributed by atoms with van der Waals surface area (Å²) < 4.78 is 25.5. The second kappa shape index (κ2) is 6.96. The van der Waals surface area contributed by atoms with E-state index in [1.54, 1.807) is 18.2 Å². The SMILES string of the molecule is O=C(O)C1CCCN(C(c2ccc3c(c2)OCO3)c2ccccc2F)C1. The summed E-state index contributed by atoms with van der Waals surface area (Å²) in [5.41, 5.74) is 1.41. The molecule has 0 radical (unpaired) electrons. The molecule has 136 valence electrons. The van der Waals surface area contributed by atoms with Gasteiger partial charge in [-0.15, -0.1) is 0 Å². The van der Waals surface area contributed by atoms with Crippen LogP contribution in [0, 0.1) is 11.7 Å². The molecule has 5 nitrogen and oxygen atoms in total. The number of carbonyl (C=O) groups is 1. The van der Waals surface area contributed by atoms with Crippen LogP contribution in [0.2, 0.25) is 0 Å². The normalized spacial score (nSPS) is 20.7. The second-order valence-electron chi connectivity index (χ2n) is 6.71. The maximum Gasteiger partial charge on any atom is 0.307 e. The van der Waals surface area contributed by atoms with Crippen LogP contribution in [0.5, 0.6) is 11.5 Å². The Morgan fingerprint density at radius 1 is 1.19 bits per heavy atom. The fraction of sp³-hybridized carbons (Fsp3) is 0.350. The molecule has 0 aromatic heterocycles. The topological polar surface area (TPSA) is 59.0 Å². The van der Waals surface area contributed by atoms with E-state index in [1.165, 1.54) is 6.07 Å². The predicted octanol–water partition coefficient (Wildman–Crippen LogP) is 3.44. The van der Waals surface area contributed by atoms with Gasteiger partial charge in [0.05, 0.1) is 12.0 Å². The molecule has 1 saturated heterocycles. The number of piperidine rings is 1. The van der Waals surface area contributed by atoms with Crippen molar-refractivity contribution in [3.05, 3.63) is 59.4 Å². The Morgan fingerprint density at radius 2 is 2.00 bits per heavy atom. The van der Waals surface area contributed by atoms with Crippen molar-refractivity contribution in [3.63, 3.8) is 0 Å². The van der Waals surface area contributed by atoms with Gasteiger partial charge in [0.2, 0.25) is 6.79 Å². The summed E-state index contributed by atoms with van der Waals surface area (Å²) in [4.78, 5) is 13.5. The van der Waals surface area contributed by atoms with Gasteiger partial charge < -0.3 is 14.6 Å². The minimum absolute atomic E-state index is 0.175.